The van der Waals surface area contributed by atoms with E-state index in [1.165, 1.54) is 19.2 Å². The number of amides is 1. The number of anilines is 1. The molecule has 0 spiro atoms. The summed E-state index contributed by atoms with van der Waals surface area (Å²) in [4.78, 5) is 45.1. The zero-order valence-electron chi connectivity index (χ0n) is 14.4. The molecule has 1 amide bonds. The van der Waals surface area contributed by atoms with Gasteiger partial charge in [-0.05, 0) is 42.8 Å². The number of hydrogen-bond donors (Lipinski definition) is 3. The average molecular weight is 350 g/mol. The van der Waals surface area contributed by atoms with Gasteiger partial charge >= 0.3 is 0 Å². The molecule has 3 aromatic heterocycles. The Morgan fingerprint density at radius 2 is 2.00 bits per heavy atom. The summed E-state index contributed by atoms with van der Waals surface area (Å²) in [5, 5.41) is 3.50. The molecule has 0 aromatic carbocycles. The predicted molar refractivity (Wildman–Crippen MR) is 99.2 cm³/mol. The first-order chi connectivity index (χ1) is 12.5. The van der Waals surface area contributed by atoms with Crippen LogP contribution in [0.1, 0.15) is 46.8 Å². The van der Waals surface area contributed by atoms with Gasteiger partial charge in [0.2, 0.25) is 0 Å². The molecule has 0 bridgehead atoms. The van der Waals surface area contributed by atoms with E-state index in [4.69, 9.17) is 0 Å². The molecule has 0 aliphatic carbocycles. The third-order valence-corrected chi connectivity index (χ3v) is 3.81. The first kappa shape index (κ1) is 17.3. The Morgan fingerprint density at radius 3 is 2.73 bits per heavy atom. The van der Waals surface area contributed by atoms with Crippen LogP contribution in [0.3, 0.4) is 0 Å². The van der Waals surface area contributed by atoms with Crippen LogP contribution in [0.5, 0.6) is 0 Å². The Bertz CT molecular complexity index is 1030. The number of aromatic nitrogens is 3. The van der Waals surface area contributed by atoms with Crippen molar-refractivity contribution in [3.63, 3.8) is 0 Å². The number of carbonyl (C=O) groups excluding carboxylic acids is 3. The number of nitrogens with one attached hydrogen (secondary N) is 3. The summed E-state index contributed by atoms with van der Waals surface area (Å²) >= 11 is 0. The first-order valence-electron chi connectivity index (χ1n) is 8.16. The van der Waals surface area contributed by atoms with E-state index in [0.717, 1.165) is 10.9 Å². The molecule has 7 heteroatoms. The van der Waals surface area contributed by atoms with Gasteiger partial charge < -0.3 is 15.3 Å². The zero-order chi connectivity index (χ0) is 18.7. The van der Waals surface area contributed by atoms with Gasteiger partial charge in [0, 0.05) is 18.0 Å². The van der Waals surface area contributed by atoms with Gasteiger partial charge in [-0.1, -0.05) is 6.92 Å². The number of ketones is 2. The number of Topliss-reactive ketones (excluding diaryl/α,β-unsaturated/α-hetero) is 1. The highest BCUT2D eigenvalue weighted by Gasteiger charge is 2.11. The number of pyridine rings is 1. The van der Waals surface area contributed by atoms with Crippen LogP contribution in [0, 0.1) is 0 Å². The van der Waals surface area contributed by atoms with Crippen LogP contribution >= 0.6 is 0 Å². The fourth-order valence-corrected chi connectivity index (χ4v) is 2.47. The van der Waals surface area contributed by atoms with Crippen LogP contribution in [-0.4, -0.2) is 32.4 Å². The topological polar surface area (TPSA) is 108 Å². The Morgan fingerprint density at radius 1 is 1.19 bits per heavy atom. The Labute approximate surface area is 149 Å². The van der Waals surface area contributed by atoms with Gasteiger partial charge in [-0.3, -0.25) is 14.4 Å². The molecule has 0 saturated carbocycles. The summed E-state index contributed by atoms with van der Waals surface area (Å²) in [6.45, 7) is 3.25. The van der Waals surface area contributed by atoms with Gasteiger partial charge in [-0.15, -0.1) is 0 Å². The van der Waals surface area contributed by atoms with E-state index in [1.54, 1.807) is 37.4 Å². The lowest BCUT2D eigenvalue weighted by molar-refractivity contribution is -0.112. The van der Waals surface area contributed by atoms with Gasteiger partial charge in [0.15, 0.2) is 11.6 Å². The quantitative estimate of drug-likeness (QED) is 0.468. The lowest BCUT2D eigenvalue weighted by atomic mass is 10.2. The third-order valence-electron chi connectivity index (χ3n) is 3.81. The molecule has 0 fully saturated rings. The molecule has 3 N–H and O–H groups in total. The maximum absolute atomic E-state index is 12.3. The summed E-state index contributed by atoms with van der Waals surface area (Å²) in [5.41, 5.74) is 2.71. The number of hydrogen-bond acceptors (Lipinski definition) is 4. The van der Waals surface area contributed by atoms with Gasteiger partial charge in [-0.25, -0.2) is 4.98 Å². The summed E-state index contributed by atoms with van der Waals surface area (Å²) in [7, 11) is 0. The van der Waals surface area contributed by atoms with E-state index < -0.39 is 0 Å². The number of H-pyrrole nitrogens is 2. The van der Waals surface area contributed by atoms with Crippen LogP contribution in [0.15, 0.2) is 36.7 Å². The number of carbonyl (C=O) groups is 3. The van der Waals surface area contributed by atoms with Gasteiger partial charge in [0.25, 0.3) is 5.91 Å². The maximum Gasteiger partial charge on any atom is 0.272 e. The third kappa shape index (κ3) is 3.77. The first-order valence-corrected chi connectivity index (χ1v) is 8.16. The van der Waals surface area contributed by atoms with Gasteiger partial charge in [0.05, 0.1) is 17.6 Å². The summed E-state index contributed by atoms with van der Waals surface area (Å²) < 4.78 is 0. The van der Waals surface area contributed by atoms with Crippen LogP contribution in [0.2, 0.25) is 0 Å². The fourth-order valence-electron chi connectivity index (χ4n) is 2.47. The van der Waals surface area contributed by atoms with Crippen molar-refractivity contribution in [2.75, 3.05) is 5.32 Å². The normalized spacial score (nSPS) is 11.2. The van der Waals surface area contributed by atoms with Gasteiger partial charge in [0.1, 0.15) is 11.3 Å². The largest absolute Gasteiger partial charge is 0.357 e. The standard InChI is InChI=1S/C19H18N4O3/c1-3-17(25)15-8-13-7-14(10-21-18(13)23-15)22-19(26)16-6-12(9-20-16)5-4-11(2)24/h4-10,20H,3H2,1-2H3,(H,21,23)(H,22,26). The molecule has 3 heterocycles. The van der Waals surface area contributed by atoms with Gasteiger partial charge in [-0.2, -0.15) is 0 Å². The molecule has 0 unspecified atom stereocenters. The molecular formula is C19H18N4O3. The molecule has 0 aliphatic heterocycles. The van der Waals surface area contributed by atoms with Crippen molar-refractivity contribution in [2.24, 2.45) is 0 Å². The number of aromatic amines is 2. The molecule has 0 saturated heterocycles. The lowest BCUT2D eigenvalue weighted by Gasteiger charge is -2.03. The van der Waals surface area contributed by atoms with Crippen LogP contribution in [-0.2, 0) is 4.79 Å². The van der Waals surface area contributed by atoms with Crippen molar-refractivity contribution in [2.45, 2.75) is 20.3 Å². The molecule has 0 radical (unpaired) electrons. The predicted octanol–water partition coefficient (Wildman–Crippen LogP) is 3.34. The van der Waals surface area contributed by atoms with E-state index in [9.17, 15) is 14.4 Å². The van der Waals surface area contributed by atoms with E-state index in [0.29, 0.717) is 29.1 Å². The monoisotopic (exact) mass is 350 g/mol. The molecule has 0 atom stereocenters. The van der Waals surface area contributed by atoms with Crippen molar-refractivity contribution in [3.05, 3.63) is 53.6 Å². The minimum atomic E-state index is -0.325. The Kier molecular flexibility index (Phi) is 4.79. The molecule has 0 aliphatic rings. The second-order valence-corrected chi connectivity index (χ2v) is 5.87. The van der Waals surface area contributed by atoms with Crippen molar-refractivity contribution in [1.29, 1.82) is 0 Å². The smallest absolute Gasteiger partial charge is 0.272 e. The molecule has 7 nitrogen and oxygen atoms in total. The molecule has 3 rings (SSSR count). The number of nitrogens with zero attached hydrogens (tertiary/aromatic N) is 1. The van der Waals surface area contributed by atoms with E-state index in [2.05, 4.69) is 20.3 Å². The summed E-state index contributed by atoms with van der Waals surface area (Å²) in [6, 6.07) is 5.13. The highest BCUT2D eigenvalue weighted by Crippen LogP contribution is 2.19. The summed E-state index contributed by atoms with van der Waals surface area (Å²) in [6.07, 6.45) is 6.64. The summed E-state index contributed by atoms with van der Waals surface area (Å²) in [5.74, 6) is -0.385. The van der Waals surface area contributed by atoms with Crippen LogP contribution in [0.25, 0.3) is 17.1 Å². The van der Waals surface area contributed by atoms with E-state index in [-0.39, 0.29) is 17.5 Å². The average Bonchev–Trinajstić information content (AvgIpc) is 3.25. The van der Waals surface area contributed by atoms with Crippen molar-refractivity contribution >= 4 is 40.3 Å². The highest BCUT2D eigenvalue weighted by atomic mass is 16.2. The SMILES string of the molecule is CCC(=O)c1cc2cc(NC(=O)c3cc(C=CC(C)=O)c[nH]3)cnc2[nH]1. The second-order valence-electron chi connectivity index (χ2n) is 5.87. The number of allylic oxidation sites excluding steroid dienone is 1. The molecule has 132 valence electrons. The van der Waals surface area contributed by atoms with E-state index >= 15 is 0 Å². The number of fused-ring (bicyclic) bond motifs is 1. The molecular weight excluding hydrogens is 332 g/mol. The molecule has 26 heavy (non-hydrogen) atoms. The van der Waals surface area contributed by atoms with Crippen LogP contribution in [0.4, 0.5) is 5.69 Å². The van der Waals surface area contributed by atoms with Crippen molar-refractivity contribution < 1.29 is 14.4 Å². The lowest BCUT2D eigenvalue weighted by Crippen LogP contribution is -2.12. The maximum atomic E-state index is 12.3. The highest BCUT2D eigenvalue weighted by molar-refractivity contribution is 6.04. The van der Waals surface area contributed by atoms with Crippen molar-refractivity contribution in [3.8, 4) is 0 Å². The van der Waals surface area contributed by atoms with Crippen molar-refractivity contribution in [1.82, 2.24) is 15.0 Å². The molecule has 3 aromatic rings. The van der Waals surface area contributed by atoms with E-state index in [1.807, 2.05) is 0 Å². The second kappa shape index (κ2) is 7.18. The minimum Gasteiger partial charge on any atom is -0.357 e. The Hall–Kier alpha value is -3.48. The number of rotatable bonds is 6. The fraction of sp³-hybridized carbons (Fsp3) is 0.158. The van der Waals surface area contributed by atoms with Crippen LogP contribution < -0.4 is 5.32 Å². The Balaban J connectivity index is 1.76. The minimum absolute atomic E-state index is 0.00566. The zero-order valence-corrected chi connectivity index (χ0v) is 14.4.